The molecule has 78 valence electrons. The van der Waals surface area contributed by atoms with Crippen molar-refractivity contribution < 1.29 is 0 Å². The highest BCUT2D eigenvalue weighted by Gasteiger charge is 2.07. The van der Waals surface area contributed by atoms with E-state index in [1.807, 2.05) is 6.20 Å². The molecule has 0 aliphatic heterocycles. The molecule has 0 saturated heterocycles. The number of aromatic amines is 1. The predicted molar refractivity (Wildman–Crippen MR) is 63.1 cm³/mol. The summed E-state index contributed by atoms with van der Waals surface area (Å²) in [7, 11) is 0. The maximum Gasteiger partial charge on any atom is 0.137 e. The van der Waals surface area contributed by atoms with Crippen LogP contribution in [-0.4, -0.2) is 9.97 Å². The number of hydrogen-bond donors (Lipinski definition) is 1. The van der Waals surface area contributed by atoms with E-state index in [0.717, 1.165) is 11.4 Å². The maximum absolute atomic E-state index is 5.86. The minimum Gasteiger partial charge on any atom is -0.345 e. The SMILES string of the molecule is Cc1cc(-c2ncc[nH]2)c(C)cc1CCl. The van der Waals surface area contributed by atoms with Crippen LogP contribution in [0.4, 0.5) is 0 Å². The molecular weight excluding hydrogens is 208 g/mol. The number of rotatable bonds is 2. The van der Waals surface area contributed by atoms with Crippen LogP contribution in [0.2, 0.25) is 0 Å². The van der Waals surface area contributed by atoms with Gasteiger partial charge in [-0.05, 0) is 36.6 Å². The van der Waals surface area contributed by atoms with Crippen LogP contribution in [0.1, 0.15) is 16.7 Å². The molecule has 1 aromatic carbocycles. The van der Waals surface area contributed by atoms with Crippen molar-refractivity contribution in [1.82, 2.24) is 9.97 Å². The third kappa shape index (κ3) is 1.90. The first-order valence-corrected chi connectivity index (χ1v) is 5.41. The van der Waals surface area contributed by atoms with E-state index in [1.54, 1.807) is 6.20 Å². The summed E-state index contributed by atoms with van der Waals surface area (Å²) in [5.74, 6) is 1.47. The normalized spacial score (nSPS) is 10.6. The minimum atomic E-state index is 0.561. The summed E-state index contributed by atoms with van der Waals surface area (Å²) in [6.45, 7) is 4.15. The van der Waals surface area contributed by atoms with Crippen LogP contribution in [0, 0.1) is 13.8 Å². The molecule has 0 atom stereocenters. The number of alkyl halides is 1. The zero-order valence-corrected chi connectivity index (χ0v) is 9.60. The second-order valence-corrected chi connectivity index (χ2v) is 3.93. The molecule has 0 amide bonds. The van der Waals surface area contributed by atoms with Gasteiger partial charge in [0, 0.05) is 23.8 Å². The fourth-order valence-corrected chi connectivity index (χ4v) is 1.98. The lowest BCUT2D eigenvalue weighted by Gasteiger charge is -2.08. The monoisotopic (exact) mass is 220 g/mol. The van der Waals surface area contributed by atoms with Gasteiger partial charge in [0.2, 0.25) is 0 Å². The Labute approximate surface area is 94.3 Å². The summed E-state index contributed by atoms with van der Waals surface area (Å²) in [6.07, 6.45) is 3.60. The van der Waals surface area contributed by atoms with Gasteiger partial charge in [0.25, 0.3) is 0 Å². The molecule has 0 bridgehead atoms. The summed E-state index contributed by atoms with van der Waals surface area (Å²) < 4.78 is 0. The molecule has 0 unspecified atom stereocenters. The van der Waals surface area contributed by atoms with Crippen molar-refractivity contribution in [2.75, 3.05) is 0 Å². The lowest BCUT2D eigenvalue weighted by molar-refractivity contribution is 1.23. The molecule has 0 fully saturated rings. The lowest BCUT2D eigenvalue weighted by atomic mass is 10.0. The van der Waals surface area contributed by atoms with Crippen molar-refractivity contribution in [3.8, 4) is 11.4 Å². The molecule has 2 rings (SSSR count). The summed E-state index contributed by atoms with van der Waals surface area (Å²) in [5.41, 5.74) is 4.74. The first-order chi connectivity index (χ1) is 7.22. The summed E-state index contributed by atoms with van der Waals surface area (Å²) in [5, 5.41) is 0. The smallest absolute Gasteiger partial charge is 0.137 e. The van der Waals surface area contributed by atoms with E-state index in [4.69, 9.17) is 11.6 Å². The quantitative estimate of drug-likeness (QED) is 0.772. The molecule has 3 heteroatoms. The zero-order valence-electron chi connectivity index (χ0n) is 8.84. The summed E-state index contributed by atoms with van der Waals surface area (Å²) >= 11 is 5.86. The first-order valence-electron chi connectivity index (χ1n) is 4.88. The number of aromatic nitrogens is 2. The molecular formula is C12H13ClN2. The molecule has 1 aromatic heterocycles. The average Bonchev–Trinajstić information content (AvgIpc) is 2.74. The molecule has 1 heterocycles. The van der Waals surface area contributed by atoms with Crippen LogP contribution in [0.25, 0.3) is 11.4 Å². The van der Waals surface area contributed by atoms with Gasteiger partial charge in [0.1, 0.15) is 5.82 Å². The number of imidazole rings is 1. The maximum atomic E-state index is 5.86. The van der Waals surface area contributed by atoms with Crippen molar-refractivity contribution in [3.63, 3.8) is 0 Å². The number of H-pyrrole nitrogens is 1. The molecule has 1 N–H and O–H groups in total. The number of halogens is 1. The molecule has 2 aromatic rings. The van der Waals surface area contributed by atoms with Crippen molar-refractivity contribution in [3.05, 3.63) is 41.2 Å². The van der Waals surface area contributed by atoms with Gasteiger partial charge >= 0.3 is 0 Å². The first kappa shape index (κ1) is 10.2. The van der Waals surface area contributed by atoms with Crippen LogP contribution in [0.3, 0.4) is 0 Å². The highest BCUT2D eigenvalue weighted by Crippen LogP contribution is 2.24. The van der Waals surface area contributed by atoms with Gasteiger partial charge in [0.05, 0.1) is 0 Å². The molecule has 2 nitrogen and oxygen atoms in total. The number of benzene rings is 1. The molecule has 0 aliphatic rings. The summed E-state index contributed by atoms with van der Waals surface area (Å²) in [4.78, 5) is 7.37. The van der Waals surface area contributed by atoms with E-state index in [1.165, 1.54) is 16.7 Å². The van der Waals surface area contributed by atoms with Gasteiger partial charge in [-0.3, -0.25) is 0 Å². The Morgan fingerprint density at radius 2 is 2.07 bits per heavy atom. The standard InChI is InChI=1S/C12H13ClN2/c1-8-6-11(12-14-3-4-15-12)9(2)5-10(8)7-13/h3-6H,7H2,1-2H3,(H,14,15). The van der Waals surface area contributed by atoms with Crippen LogP contribution in [-0.2, 0) is 5.88 Å². The topological polar surface area (TPSA) is 28.7 Å². The van der Waals surface area contributed by atoms with Gasteiger partial charge in [-0.15, -0.1) is 11.6 Å². The summed E-state index contributed by atoms with van der Waals surface area (Å²) in [6, 6.07) is 4.26. The van der Waals surface area contributed by atoms with Gasteiger partial charge in [-0.1, -0.05) is 6.07 Å². The number of hydrogen-bond acceptors (Lipinski definition) is 1. The fraction of sp³-hybridized carbons (Fsp3) is 0.250. The van der Waals surface area contributed by atoms with Crippen molar-refractivity contribution in [2.24, 2.45) is 0 Å². The Bertz CT molecular complexity index is 461. The molecule has 0 aliphatic carbocycles. The van der Waals surface area contributed by atoms with E-state index in [0.29, 0.717) is 5.88 Å². The van der Waals surface area contributed by atoms with Crippen LogP contribution in [0.15, 0.2) is 24.5 Å². The molecule has 0 spiro atoms. The largest absolute Gasteiger partial charge is 0.345 e. The van der Waals surface area contributed by atoms with E-state index in [2.05, 4.69) is 35.9 Å². The highest BCUT2D eigenvalue weighted by atomic mass is 35.5. The Balaban J connectivity index is 2.55. The second-order valence-electron chi connectivity index (χ2n) is 3.67. The Morgan fingerprint density at radius 1 is 1.27 bits per heavy atom. The van der Waals surface area contributed by atoms with Crippen molar-refractivity contribution in [1.29, 1.82) is 0 Å². The number of nitrogens with zero attached hydrogens (tertiary/aromatic N) is 1. The second kappa shape index (κ2) is 4.07. The predicted octanol–water partition coefficient (Wildman–Crippen LogP) is 3.43. The molecule has 0 radical (unpaired) electrons. The lowest BCUT2D eigenvalue weighted by Crippen LogP contribution is -1.92. The van der Waals surface area contributed by atoms with E-state index >= 15 is 0 Å². The van der Waals surface area contributed by atoms with E-state index < -0.39 is 0 Å². The van der Waals surface area contributed by atoms with Gasteiger partial charge in [0.15, 0.2) is 0 Å². The van der Waals surface area contributed by atoms with Crippen molar-refractivity contribution >= 4 is 11.6 Å². The van der Waals surface area contributed by atoms with E-state index in [9.17, 15) is 0 Å². The Kier molecular flexibility index (Phi) is 2.78. The van der Waals surface area contributed by atoms with Gasteiger partial charge in [-0.25, -0.2) is 4.98 Å². The molecule has 0 saturated carbocycles. The average molecular weight is 221 g/mol. The van der Waals surface area contributed by atoms with Crippen LogP contribution < -0.4 is 0 Å². The third-order valence-corrected chi connectivity index (χ3v) is 2.87. The highest BCUT2D eigenvalue weighted by molar-refractivity contribution is 6.17. The van der Waals surface area contributed by atoms with Gasteiger partial charge < -0.3 is 4.98 Å². The van der Waals surface area contributed by atoms with Crippen LogP contribution >= 0.6 is 11.6 Å². The minimum absolute atomic E-state index is 0.561. The van der Waals surface area contributed by atoms with Crippen LogP contribution in [0.5, 0.6) is 0 Å². The molecule has 15 heavy (non-hydrogen) atoms. The Morgan fingerprint density at radius 3 is 2.67 bits per heavy atom. The Hall–Kier alpha value is -1.28. The number of aryl methyl sites for hydroxylation is 2. The zero-order chi connectivity index (χ0) is 10.8. The van der Waals surface area contributed by atoms with E-state index in [-0.39, 0.29) is 0 Å². The van der Waals surface area contributed by atoms with Gasteiger partial charge in [-0.2, -0.15) is 0 Å². The number of nitrogens with one attached hydrogen (secondary N) is 1. The third-order valence-electron chi connectivity index (χ3n) is 2.58. The van der Waals surface area contributed by atoms with Crippen molar-refractivity contribution in [2.45, 2.75) is 19.7 Å². The fourth-order valence-electron chi connectivity index (χ4n) is 1.69.